The summed E-state index contributed by atoms with van der Waals surface area (Å²) in [4.78, 5) is 12.6. The number of hydrogen-bond acceptors (Lipinski definition) is 2. The topological polar surface area (TPSA) is 26.3 Å². The summed E-state index contributed by atoms with van der Waals surface area (Å²) in [5, 5.41) is 0. The average Bonchev–Trinajstić information content (AvgIpc) is 3.14. The van der Waals surface area contributed by atoms with Gasteiger partial charge in [-0.3, -0.25) is 4.79 Å². The number of carbonyl (C=O) groups is 1. The SMILES string of the molecule is Cc1c(COC(=O)[C@@H]2[C@H](C=C(Br)Br)C2(C)C)cccc1-c1ccccc1. The van der Waals surface area contributed by atoms with Gasteiger partial charge in [-0.15, -0.1) is 0 Å². The number of benzene rings is 2. The fraction of sp³-hybridized carbons (Fsp3) is 0.318. The highest BCUT2D eigenvalue weighted by atomic mass is 79.9. The first kappa shape index (κ1) is 19.4. The van der Waals surface area contributed by atoms with E-state index in [0.717, 1.165) is 14.5 Å². The van der Waals surface area contributed by atoms with E-state index in [9.17, 15) is 4.79 Å². The predicted octanol–water partition coefficient (Wildman–Crippen LogP) is 6.61. The number of allylic oxidation sites excluding steroid dienone is 1. The number of ether oxygens (including phenoxy) is 1. The Kier molecular flexibility index (Phi) is 5.73. The normalized spacial score (nSPS) is 20.3. The summed E-state index contributed by atoms with van der Waals surface area (Å²) < 4.78 is 6.55. The molecule has 0 spiro atoms. The van der Waals surface area contributed by atoms with Gasteiger partial charge in [-0.1, -0.05) is 68.5 Å². The number of halogens is 2. The van der Waals surface area contributed by atoms with Gasteiger partial charge >= 0.3 is 5.97 Å². The van der Waals surface area contributed by atoms with Crippen LogP contribution in [0.3, 0.4) is 0 Å². The maximum Gasteiger partial charge on any atom is 0.310 e. The number of rotatable bonds is 5. The molecule has 4 heteroatoms. The zero-order valence-electron chi connectivity index (χ0n) is 15.1. The first-order valence-corrected chi connectivity index (χ1v) is 10.2. The molecule has 0 aliphatic heterocycles. The predicted molar refractivity (Wildman–Crippen MR) is 113 cm³/mol. The van der Waals surface area contributed by atoms with Crippen molar-refractivity contribution in [1.82, 2.24) is 0 Å². The van der Waals surface area contributed by atoms with Crippen LogP contribution in [0.4, 0.5) is 0 Å². The molecule has 2 atom stereocenters. The Morgan fingerprint density at radius 3 is 2.46 bits per heavy atom. The van der Waals surface area contributed by atoms with E-state index in [2.05, 4.69) is 70.8 Å². The van der Waals surface area contributed by atoms with E-state index in [1.807, 2.05) is 36.4 Å². The van der Waals surface area contributed by atoms with Crippen molar-refractivity contribution in [3.63, 3.8) is 0 Å². The second-order valence-corrected chi connectivity index (χ2v) is 10.1. The lowest BCUT2D eigenvalue weighted by molar-refractivity contribution is -0.147. The standard InChI is InChI=1S/C22H22Br2O2/c1-14-16(10-7-11-17(14)15-8-5-4-6-9-15)13-26-21(25)20-18(12-19(23)24)22(20,2)3/h4-12,18,20H,13H2,1-3H3/t18-,20-/m0/s1. The van der Waals surface area contributed by atoms with E-state index in [1.54, 1.807) is 0 Å². The van der Waals surface area contributed by atoms with Crippen LogP contribution >= 0.6 is 31.9 Å². The van der Waals surface area contributed by atoms with Gasteiger partial charge in [0.25, 0.3) is 0 Å². The van der Waals surface area contributed by atoms with Crippen LogP contribution in [0, 0.1) is 24.2 Å². The summed E-state index contributed by atoms with van der Waals surface area (Å²) in [6.07, 6.45) is 2.03. The summed E-state index contributed by atoms with van der Waals surface area (Å²) in [6, 6.07) is 16.4. The van der Waals surface area contributed by atoms with Crippen LogP contribution in [0.2, 0.25) is 0 Å². The third-order valence-electron chi connectivity index (χ3n) is 5.37. The highest BCUT2D eigenvalue weighted by molar-refractivity contribution is 9.28. The second-order valence-electron chi connectivity index (χ2n) is 7.34. The lowest BCUT2D eigenvalue weighted by atomic mass is 9.97. The van der Waals surface area contributed by atoms with Crippen LogP contribution in [-0.4, -0.2) is 5.97 Å². The van der Waals surface area contributed by atoms with Crippen molar-refractivity contribution in [2.75, 3.05) is 0 Å². The zero-order valence-corrected chi connectivity index (χ0v) is 18.3. The Balaban J connectivity index is 1.71. The smallest absolute Gasteiger partial charge is 0.310 e. The summed E-state index contributed by atoms with van der Waals surface area (Å²) >= 11 is 6.77. The second kappa shape index (κ2) is 7.69. The van der Waals surface area contributed by atoms with E-state index in [-0.39, 0.29) is 23.2 Å². The highest BCUT2D eigenvalue weighted by Gasteiger charge is 2.61. The molecule has 26 heavy (non-hydrogen) atoms. The molecule has 2 aromatic carbocycles. The molecule has 0 bridgehead atoms. The van der Waals surface area contributed by atoms with Crippen LogP contribution in [-0.2, 0) is 16.1 Å². The van der Waals surface area contributed by atoms with Crippen LogP contribution in [0.1, 0.15) is 25.0 Å². The van der Waals surface area contributed by atoms with Gasteiger partial charge in [0.15, 0.2) is 0 Å². The Bertz CT molecular complexity index is 836. The Morgan fingerprint density at radius 1 is 1.12 bits per heavy atom. The summed E-state index contributed by atoms with van der Waals surface area (Å²) in [7, 11) is 0. The average molecular weight is 478 g/mol. The largest absolute Gasteiger partial charge is 0.461 e. The van der Waals surface area contributed by atoms with Crippen LogP contribution in [0.15, 0.2) is 58.0 Å². The summed E-state index contributed by atoms with van der Waals surface area (Å²) in [6.45, 7) is 6.60. The highest BCUT2D eigenvalue weighted by Crippen LogP contribution is 2.60. The summed E-state index contributed by atoms with van der Waals surface area (Å²) in [5.74, 6) is -0.0206. The van der Waals surface area contributed by atoms with Gasteiger partial charge in [0, 0.05) is 0 Å². The molecule has 1 aliphatic carbocycles. The van der Waals surface area contributed by atoms with Crippen LogP contribution in [0.25, 0.3) is 11.1 Å². The first-order valence-electron chi connectivity index (χ1n) is 8.65. The van der Waals surface area contributed by atoms with E-state index in [0.29, 0.717) is 6.61 Å². The van der Waals surface area contributed by atoms with Gasteiger partial charge in [0.2, 0.25) is 0 Å². The molecule has 0 saturated heterocycles. The molecule has 1 saturated carbocycles. The van der Waals surface area contributed by atoms with Crippen molar-refractivity contribution >= 4 is 37.8 Å². The molecule has 1 aliphatic rings. The molecule has 2 aromatic rings. The first-order chi connectivity index (χ1) is 12.3. The molecular formula is C22H22Br2O2. The van der Waals surface area contributed by atoms with Crippen LogP contribution in [0.5, 0.6) is 0 Å². The van der Waals surface area contributed by atoms with Gasteiger partial charge in [-0.05, 0) is 72.4 Å². The van der Waals surface area contributed by atoms with Gasteiger partial charge in [-0.25, -0.2) is 0 Å². The number of hydrogen-bond donors (Lipinski definition) is 0. The molecular weight excluding hydrogens is 456 g/mol. The molecule has 0 radical (unpaired) electrons. The number of carbonyl (C=O) groups excluding carboxylic acids is 1. The molecule has 1 fully saturated rings. The Labute approximate surface area is 171 Å². The maximum absolute atomic E-state index is 12.6. The van der Waals surface area contributed by atoms with Gasteiger partial charge in [0.1, 0.15) is 6.61 Å². The fourth-order valence-corrected chi connectivity index (χ4v) is 4.15. The van der Waals surface area contributed by atoms with Crippen molar-refractivity contribution in [2.24, 2.45) is 17.3 Å². The van der Waals surface area contributed by atoms with Crippen molar-refractivity contribution in [3.8, 4) is 11.1 Å². The van der Waals surface area contributed by atoms with Gasteiger partial charge in [-0.2, -0.15) is 0 Å². The van der Waals surface area contributed by atoms with Crippen molar-refractivity contribution in [2.45, 2.75) is 27.4 Å². The molecule has 0 unspecified atom stereocenters. The monoisotopic (exact) mass is 476 g/mol. The Morgan fingerprint density at radius 2 is 1.81 bits per heavy atom. The van der Waals surface area contributed by atoms with E-state index in [1.165, 1.54) is 11.1 Å². The minimum Gasteiger partial charge on any atom is -0.461 e. The van der Waals surface area contributed by atoms with E-state index >= 15 is 0 Å². The zero-order chi connectivity index (χ0) is 18.9. The van der Waals surface area contributed by atoms with Crippen LogP contribution < -0.4 is 0 Å². The van der Waals surface area contributed by atoms with Crippen molar-refractivity contribution in [3.05, 3.63) is 69.1 Å². The van der Waals surface area contributed by atoms with Crippen molar-refractivity contribution in [1.29, 1.82) is 0 Å². The third kappa shape index (κ3) is 3.96. The molecule has 0 heterocycles. The molecule has 136 valence electrons. The molecule has 0 N–H and O–H groups in total. The number of esters is 1. The third-order valence-corrected chi connectivity index (χ3v) is 5.90. The molecule has 2 nitrogen and oxygen atoms in total. The Hall–Kier alpha value is -1.39. The fourth-order valence-electron chi connectivity index (χ4n) is 3.58. The van der Waals surface area contributed by atoms with Crippen molar-refractivity contribution < 1.29 is 9.53 Å². The molecule has 0 aromatic heterocycles. The van der Waals surface area contributed by atoms with E-state index < -0.39 is 0 Å². The minimum atomic E-state index is -0.123. The lowest BCUT2D eigenvalue weighted by Gasteiger charge is -2.12. The minimum absolute atomic E-state index is 0.0647. The summed E-state index contributed by atoms with van der Waals surface area (Å²) in [5.41, 5.74) is 4.49. The molecule has 3 rings (SSSR count). The van der Waals surface area contributed by atoms with Gasteiger partial charge < -0.3 is 4.74 Å². The molecule has 0 amide bonds. The lowest BCUT2D eigenvalue weighted by Crippen LogP contribution is -2.11. The van der Waals surface area contributed by atoms with Gasteiger partial charge in [0.05, 0.1) is 9.31 Å². The maximum atomic E-state index is 12.6. The quantitative estimate of drug-likeness (QED) is 0.453. The van der Waals surface area contributed by atoms with E-state index in [4.69, 9.17) is 4.74 Å².